The van der Waals surface area contributed by atoms with Gasteiger partial charge in [-0.2, -0.15) is 5.10 Å². The van der Waals surface area contributed by atoms with Gasteiger partial charge < -0.3 is 5.32 Å². The Bertz CT molecular complexity index is 1030. The Morgan fingerprint density at radius 3 is 2.83 bits per heavy atom. The van der Waals surface area contributed by atoms with Gasteiger partial charge in [0.25, 0.3) is 5.56 Å². The van der Waals surface area contributed by atoms with E-state index in [4.69, 9.17) is 0 Å². The Morgan fingerprint density at radius 1 is 1.24 bits per heavy atom. The summed E-state index contributed by atoms with van der Waals surface area (Å²) >= 11 is 3.24. The highest BCUT2D eigenvalue weighted by Gasteiger charge is 2.20. The van der Waals surface area contributed by atoms with Gasteiger partial charge >= 0.3 is 0 Å². The molecule has 3 heterocycles. The molecule has 3 aromatic heterocycles. The van der Waals surface area contributed by atoms with Crippen molar-refractivity contribution < 1.29 is 4.79 Å². The van der Waals surface area contributed by atoms with Crippen LogP contribution in [0.3, 0.4) is 0 Å². The third-order valence-electron chi connectivity index (χ3n) is 5.23. The Hall–Kier alpha value is -2.32. The van der Waals surface area contributed by atoms with Crippen LogP contribution >= 0.6 is 22.7 Å². The summed E-state index contributed by atoms with van der Waals surface area (Å²) in [5.41, 5.74) is 1.48. The van der Waals surface area contributed by atoms with Crippen molar-refractivity contribution in [2.75, 3.05) is 6.54 Å². The van der Waals surface area contributed by atoms with Crippen LogP contribution in [0.2, 0.25) is 0 Å². The summed E-state index contributed by atoms with van der Waals surface area (Å²) in [6.07, 6.45) is 5.42. The molecule has 6 nitrogen and oxygen atoms in total. The molecule has 1 amide bonds. The summed E-state index contributed by atoms with van der Waals surface area (Å²) in [4.78, 5) is 31.3. The van der Waals surface area contributed by atoms with Crippen molar-refractivity contribution >= 4 is 28.6 Å². The molecular weight excluding hydrogens is 404 g/mol. The number of aromatic nitrogens is 3. The maximum Gasteiger partial charge on any atom is 0.266 e. The molecule has 0 unspecified atom stereocenters. The van der Waals surface area contributed by atoms with E-state index in [1.54, 1.807) is 28.7 Å². The summed E-state index contributed by atoms with van der Waals surface area (Å²) in [6.45, 7) is 2.74. The maximum atomic E-state index is 12.3. The van der Waals surface area contributed by atoms with Crippen LogP contribution in [0.4, 0.5) is 0 Å². The van der Waals surface area contributed by atoms with E-state index < -0.39 is 0 Å². The fourth-order valence-electron chi connectivity index (χ4n) is 3.66. The van der Waals surface area contributed by atoms with Gasteiger partial charge in [-0.3, -0.25) is 9.59 Å². The van der Waals surface area contributed by atoms with Gasteiger partial charge in [0.05, 0.1) is 22.0 Å². The van der Waals surface area contributed by atoms with E-state index >= 15 is 0 Å². The molecule has 1 aliphatic carbocycles. The zero-order valence-electron chi connectivity index (χ0n) is 16.4. The van der Waals surface area contributed by atoms with Crippen LogP contribution in [0.15, 0.2) is 34.4 Å². The topological polar surface area (TPSA) is 76.9 Å². The van der Waals surface area contributed by atoms with Crippen LogP contribution in [0.1, 0.15) is 37.8 Å². The summed E-state index contributed by atoms with van der Waals surface area (Å²) < 4.78 is 1.43. The number of thiophene rings is 1. The molecule has 152 valence electrons. The third kappa shape index (κ3) is 4.64. The van der Waals surface area contributed by atoms with Gasteiger partial charge in [0.1, 0.15) is 10.7 Å². The van der Waals surface area contributed by atoms with Crippen molar-refractivity contribution in [3.05, 3.63) is 45.7 Å². The van der Waals surface area contributed by atoms with Crippen molar-refractivity contribution in [2.24, 2.45) is 5.92 Å². The summed E-state index contributed by atoms with van der Waals surface area (Å²) in [5.74, 6) is 0.225. The SMILES string of the molecule is Cc1nc(-c2cccs2)sc1-c1ccc(=O)n(CCNC(=O)C2CCCCC2)n1. The second kappa shape index (κ2) is 9.00. The first-order valence-electron chi connectivity index (χ1n) is 9.99. The van der Waals surface area contributed by atoms with Crippen LogP contribution < -0.4 is 10.9 Å². The number of hydrogen-bond acceptors (Lipinski definition) is 6. The molecule has 0 atom stereocenters. The van der Waals surface area contributed by atoms with Crippen LogP contribution in [0.5, 0.6) is 0 Å². The number of nitrogens with one attached hydrogen (secondary N) is 1. The number of hydrogen-bond donors (Lipinski definition) is 1. The normalized spacial score (nSPS) is 14.8. The molecule has 0 bridgehead atoms. The zero-order valence-corrected chi connectivity index (χ0v) is 18.0. The van der Waals surface area contributed by atoms with Gasteiger partial charge in [-0.1, -0.05) is 25.3 Å². The van der Waals surface area contributed by atoms with Crippen molar-refractivity contribution in [3.8, 4) is 20.5 Å². The largest absolute Gasteiger partial charge is 0.354 e. The van der Waals surface area contributed by atoms with E-state index in [0.717, 1.165) is 51.8 Å². The molecule has 0 saturated heterocycles. The highest BCUT2D eigenvalue weighted by atomic mass is 32.1. The first-order valence-corrected chi connectivity index (χ1v) is 11.7. The molecule has 1 aliphatic rings. The van der Waals surface area contributed by atoms with Gasteiger partial charge in [-0.05, 0) is 37.3 Å². The van der Waals surface area contributed by atoms with E-state index in [-0.39, 0.29) is 17.4 Å². The Morgan fingerprint density at radius 2 is 2.07 bits per heavy atom. The monoisotopic (exact) mass is 428 g/mol. The van der Waals surface area contributed by atoms with Crippen LogP contribution in [-0.4, -0.2) is 27.2 Å². The molecule has 3 aromatic rings. The maximum absolute atomic E-state index is 12.3. The molecule has 1 saturated carbocycles. The number of nitrogens with zero attached hydrogens (tertiary/aromatic N) is 3. The fourth-order valence-corrected chi connectivity index (χ4v) is 5.49. The molecule has 1 fully saturated rings. The number of carbonyl (C=O) groups is 1. The van der Waals surface area contributed by atoms with E-state index in [1.807, 2.05) is 18.4 Å². The minimum atomic E-state index is -0.165. The Balaban J connectivity index is 1.45. The lowest BCUT2D eigenvalue weighted by Crippen LogP contribution is -2.36. The molecule has 4 rings (SSSR count). The average molecular weight is 429 g/mol. The molecule has 0 aliphatic heterocycles. The second-order valence-electron chi connectivity index (χ2n) is 7.32. The van der Waals surface area contributed by atoms with E-state index in [1.165, 1.54) is 17.2 Å². The van der Waals surface area contributed by atoms with Gasteiger partial charge in [0.15, 0.2) is 0 Å². The Labute approximate surface area is 177 Å². The van der Waals surface area contributed by atoms with Crippen molar-refractivity contribution in [2.45, 2.75) is 45.6 Å². The second-order valence-corrected chi connectivity index (χ2v) is 9.26. The van der Waals surface area contributed by atoms with E-state index in [9.17, 15) is 9.59 Å². The standard InChI is InChI=1S/C21H24N4O2S2/c1-14-19(29-21(23-14)17-8-5-13-28-17)16-9-10-18(26)25(24-16)12-11-22-20(27)15-6-3-2-4-7-15/h5,8-10,13,15H,2-4,6-7,11-12H2,1H3,(H,22,27). The number of carbonyl (C=O) groups excluding carboxylic acids is 1. The van der Waals surface area contributed by atoms with Crippen LogP contribution in [0, 0.1) is 12.8 Å². The molecule has 1 N–H and O–H groups in total. The molecule has 8 heteroatoms. The molecule has 0 spiro atoms. The first-order chi connectivity index (χ1) is 14.1. The predicted molar refractivity (Wildman–Crippen MR) is 117 cm³/mol. The number of rotatable bonds is 6. The Kier molecular flexibility index (Phi) is 6.20. The highest BCUT2D eigenvalue weighted by Crippen LogP contribution is 2.35. The molecule has 29 heavy (non-hydrogen) atoms. The van der Waals surface area contributed by atoms with Crippen LogP contribution in [0.25, 0.3) is 20.5 Å². The van der Waals surface area contributed by atoms with Gasteiger partial charge in [-0.25, -0.2) is 9.67 Å². The zero-order chi connectivity index (χ0) is 20.2. The average Bonchev–Trinajstić information content (AvgIpc) is 3.40. The minimum absolute atomic E-state index is 0.104. The van der Waals surface area contributed by atoms with E-state index in [0.29, 0.717) is 13.1 Å². The van der Waals surface area contributed by atoms with Crippen LogP contribution in [-0.2, 0) is 11.3 Å². The van der Waals surface area contributed by atoms with Gasteiger partial charge in [-0.15, -0.1) is 22.7 Å². The van der Waals surface area contributed by atoms with Crippen molar-refractivity contribution in [1.82, 2.24) is 20.1 Å². The smallest absolute Gasteiger partial charge is 0.266 e. The van der Waals surface area contributed by atoms with Gasteiger partial charge in [0, 0.05) is 18.5 Å². The van der Waals surface area contributed by atoms with Gasteiger partial charge in [0.2, 0.25) is 5.91 Å². The van der Waals surface area contributed by atoms with Crippen molar-refractivity contribution in [1.29, 1.82) is 0 Å². The molecule has 0 aromatic carbocycles. The quantitative estimate of drug-likeness (QED) is 0.641. The summed E-state index contributed by atoms with van der Waals surface area (Å²) in [7, 11) is 0. The summed E-state index contributed by atoms with van der Waals surface area (Å²) in [5, 5.41) is 10.5. The number of amides is 1. The molecular formula is C21H24N4O2S2. The molecule has 0 radical (unpaired) electrons. The number of aryl methyl sites for hydroxylation is 1. The highest BCUT2D eigenvalue weighted by molar-refractivity contribution is 7.23. The number of thiazole rings is 1. The van der Waals surface area contributed by atoms with E-state index in [2.05, 4.69) is 21.5 Å². The lowest BCUT2D eigenvalue weighted by molar-refractivity contribution is -0.125. The lowest BCUT2D eigenvalue weighted by Gasteiger charge is -2.20. The summed E-state index contributed by atoms with van der Waals surface area (Å²) in [6, 6.07) is 7.35. The predicted octanol–water partition coefficient (Wildman–Crippen LogP) is 4.10. The first kappa shape index (κ1) is 20.0. The lowest BCUT2D eigenvalue weighted by atomic mass is 9.89. The third-order valence-corrected chi connectivity index (χ3v) is 7.45. The van der Waals surface area contributed by atoms with Crippen molar-refractivity contribution in [3.63, 3.8) is 0 Å². The minimum Gasteiger partial charge on any atom is -0.354 e. The fraction of sp³-hybridized carbons (Fsp3) is 0.429.